The first-order chi connectivity index (χ1) is 11.7. The Bertz CT molecular complexity index is 692. The third-order valence-corrected chi connectivity index (χ3v) is 3.75. The first-order valence-corrected chi connectivity index (χ1v) is 8.01. The number of rotatable bonds is 7. The van der Waals surface area contributed by atoms with Crippen LogP contribution in [0.2, 0.25) is 0 Å². The Hall–Kier alpha value is -2.82. The van der Waals surface area contributed by atoms with Gasteiger partial charge in [0.05, 0.1) is 18.9 Å². The molecule has 0 fully saturated rings. The second-order valence-electron chi connectivity index (χ2n) is 5.16. The summed E-state index contributed by atoms with van der Waals surface area (Å²) < 4.78 is 5.17. The number of ether oxygens (including phenoxy) is 1. The zero-order valence-corrected chi connectivity index (χ0v) is 14.3. The number of benzene rings is 2. The largest absolute Gasteiger partial charge is 0.496 e. The van der Waals surface area contributed by atoms with Crippen molar-refractivity contribution >= 4 is 17.8 Å². The summed E-state index contributed by atoms with van der Waals surface area (Å²) >= 11 is 0. The molecule has 0 unspecified atom stereocenters. The lowest BCUT2D eigenvalue weighted by Gasteiger charge is -2.20. The lowest BCUT2D eigenvalue weighted by molar-refractivity contribution is 0.0952. The topological polar surface area (TPSA) is 53.9 Å². The summed E-state index contributed by atoms with van der Waals surface area (Å²) in [6, 6.07) is 15.1. The maximum absolute atomic E-state index is 12.1. The van der Waals surface area contributed by atoms with E-state index in [4.69, 9.17) is 4.74 Å². The van der Waals surface area contributed by atoms with Crippen molar-refractivity contribution in [3.63, 3.8) is 0 Å². The predicted octanol–water partition coefficient (Wildman–Crippen LogP) is 3.31. The fourth-order valence-corrected chi connectivity index (χ4v) is 2.42. The van der Waals surface area contributed by atoms with E-state index in [1.165, 1.54) is 12.8 Å². The second kappa shape index (κ2) is 8.72. The van der Waals surface area contributed by atoms with Crippen molar-refractivity contribution in [2.24, 2.45) is 5.10 Å². The monoisotopic (exact) mass is 325 g/mol. The van der Waals surface area contributed by atoms with Crippen LogP contribution < -0.4 is 15.1 Å². The second-order valence-corrected chi connectivity index (χ2v) is 5.16. The highest BCUT2D eigenvalue weighted by atomic mass is 16.5. The van der Waals surface area contributed by atoms with Gasteiger partial charge in [-0.2, -0.15) is 5.10 Å². The van der Waals surface area contributed by atoms with Crippen molar-refractivity contribution in [1.29, 1.82) is 0 Å². The molecule has 0 saturated carbocycles. The third-order valence-electron chi connectivity index (χ3n) is 3.75. The molecule has 5 nitrogen and oxygen atoms in total. The van der Waals surface area contributed by atoms with Gasteiger partial charge in [-0.25, -0.2) is 5.43 Å². The molecule has 0 atom stereocenters. The summed E-state index contributed by atoms with van der Waals surface area (Å²) in [5, 5.41) is 4.01. The first kappa shape index (κ1) is 17.5. The van der Waals surface area contributed by atoms with Gasteiger partial charge in [0.15, 0.2) is 0 Å². The molecule has 0 aliphatic carbocycles. The van der Waals surface area contributed by atoms with Gasteiger partial charge in [-0.15, -0.1) is 0 Å². The molecule has 2 aromatic carbocycles. The van der Waals surface area contributed by atoms with Gasteiger partial charge in [0.25, 0.3) is 5.91 Å². The number of hydrogen-bond acceptors (Lipinski definition) is 4. The van der Waals surface area contributed by atoms with Crippen molar-refractivity contribution in [3.8, 4) is 5.75 Å². The molecule has 1 amide bonds. The number of para-hydroxylation sites is 1. The number of amides is 1. The summed E-state index contributed by atoms with van der Waals surface area (Å²) in [4.78, 5) is 14.4. The molecule has 0 aromatic heterocycles. The van der Waals surface area contributed by atoms with Crippen molar-refractivity contribution in [2.75, 3.05) is 25.1 Å². The number of nitrogens with zero attached hydrogens (tertiary/aromatic N) is 2. The summed E-state index contributed by atoms with van der Waals surface area (Å²) in [6.07, 6.45) is 1.62. The molecule has 0 aliphatic heterocycles. The van der Waals surface area contributed by atoms with E-state index in [0.717, 1.165) is 18.7 Å². The van der Waals surface area contributed by atoms with E-state index in [0.29, 0.717) is 11.3 Å². The Morgan fingerprint density at radius 2 is 1.79 bits per heavy atom. The lowest BCUT2D eigenvalue weighted by atomic mass is 10.2. The van der Waals surface area contributed by atoms with E-state index >= 15 is 0 Å². The summed E-state index contributed by atoms with van der Waals surface area (Å²) in [6.45, 7) is 6.20. The number of carbonyl (C=O) groups is 1. The van der Waals surface area contributed by atoms with Crippen LogP contribution in [0.25, 0.3) is 0 Å². The van der Waals surface area contributed by atoms with Crippen LogP contribution in [0.4, 0.5) is 5.69 Å². The van der Waals surface area contributed by atoms with E-state index in [9.17, 15) is 4.79 Å². The van der Waals surface area contributed by atoms with Crippen molar-refractivity contribution in [2.45, 2.75) is 13.8 Å². The predicted molar refractivity (Wildman–Crippen MR) is 98.1 cm³/mol. The highest BCUT2D eigenvalue weighted by Crippen LogP contribution is 2.17. The fourth-order valence-electron chi connectivity index (χ4n) is 2.42. The molecule has 0 spiro atoms. The van der Waals surface area contributed by atoms with Gasteiger partial charge in [-0.1, -0.05) is 24.3 Å². The van der Waals surface area contributed by atoms with Gasteiger partial charge < -0.3 is 9.64 Å². The number of nitrogens with one attached hydrogen (secondary N) is 1. The molecule has 5 heteroatoms. The van der Waals surface area contributed by atoms with Crippen LogP contribution in [0, 0.1) is 0 Å². The van der Waals surface area contributed by atoms with Crippen LogP contribution in [-0.4, -0.2) is 32.3 Å². The summed E-state index contributed by atoms with van der Waals surface area (Å²) in [7, 11) is 1.53. The van der Waals surface area contributed by atoms with Crippen molar-refractivity contribution in [3.05, 3.63) is 59.7 Å². The Morgan fingerprint density at radius 3 is 2.42 bits per heavy atom. The number of hydrazone groups is 1. The highest BCUT2D eigenvalue weighted by Gasteiger charge is 2.09. The van der Waals surface area contributed by atoms with Crippen LogP contribution in [0.1, 0.15) is 29.8 Å². The molecular formula is C19H23N3O2. The molecule has 126 valence electrons. The smallest absolute Gasteiger partial charge is 0.275 e. The molecule has 2 aromatic rings. The lowest BCUT2D eigenvalue weighted by Crippen LogP contribution is -2.21. The maximum Gasteiger partial charge on any atom is 0.275 e. The molecule has 0 heterocycles. The zero-order valence-electron chi connectivity index (χ0n) is 14.3. The molecule has 0 bridgehead atoms. The van der Waals surface area contributed by atoms with Crippen LogP contribution in [0.15, 0.2) is 53.6 Å². The first-order valence-electron chi connectivity index (χ1n) is 8.01. The fraction of sp³-hybridized carbons (Fsp3) is 0.263. The SMILES string of the molecule is CCN(CC)c1ccc(C=NNC(=O)c2ccccc2OC)cc1. The Kier molecular flexibility index (Phi) is 6.37. The van der Waals surface area contributed by atoms with Crippen LogP contribution in [0.5, 0.6) is 5.75 Å². The number of hydrogen-bond donors (Lipinski definition) is 1. The Balaban J connectivity index is 2.00. The van der Waals surface area contributed by atoms with Gasteiger partial charge in [0.2, 0.25) is 0 Å². The van der Waals surface area contributed by atoms with Crippen LogP contribution in [-0.2, 0) is 0 Å². The van der Waals surface area contributed by atoms with Gasteiger partial charge in [-0.3, -0.25) is 4.79 Å². The molecule has 0 aliphatic rings. The maximum atomic E-state index is 12.1. The van der Waals surface area contributed by atoms with E-state index in [-0.39, 0.29) is 5.91 Å². The average Bonchev–Trinajstić information content (AvgIpc) is 2.63. The van der Waals surface area contributed by atoms with E-state index in [1.54, 1.807) is 24.4 Å². The minimum absolute atomic E-state index is 0.302. The summed E-state index contributed by atoms with van der Waals surface area (Å²) in [5.74, 6) is 0.220. The quantitative estimate of drug-likeness (QED) is 0.628. The minimum atomic E-state index is -0.302. The standard InChI is InChI=1S/C19H23N3O2/c1-4-22(5-2)16-12-10-15(11-13-16)14-20-21-19(23)17-8-6-7-9-18(17)24-3/h6-14H,4-5H2,1-3H3,(H,21,23). The molecule has 2 rings (SSSR count). The molecular weight excluding hydrogens is 302 g/mol. The van der Waals surface area contributed by atoms with Crippen molar-refractivity contribution in [1.82, 2.24) is 5.43 Å². The zero-order chi connectivity index (χ0) is 17.4. The van der Waals surface area contributed by atoms with E-state index < -0.39 is 0 Å². The molecule has 0 radical (unpaired) electrons. The number of anilines is 1. The normalized spacial score (nSPS) is 10.6. The van der Waals surface area contributed by atoms with Crippen LogP contribution in [0.3, 0.4) is 0 Å². The van der Waals surface area contributed by atoms with E-state index in [2.05, 4.69) is 41.4 Å². The molecule has 0 saturated heterocycles. The van der Waals surface area contributed by atoms with Gasteiger partial charge >= 0.3 is 0 Å². The third kappa shape index (κ3) is 4.35. The average molecular weight is 325 g/mol. The van der Waals surface area contributed by atoms with Gasteiger partial charge in [-0.05, 0) is 43.7 Å². The summed E-state index contributed by atoms with van der Waals surface area (Å²) in [5.41, 5.74) is 5.07. The number of carbonyl (C=O) groups excluding carboxylic acids is 1. The van der Waals surface area contributed by atoms with Crippen LogP contribution >= 0.6 is 0 Å². The molecule has 1 N–H and O–H groups in total. The van der Waals surface area contributed by atoms with Crippen molar-refractivity contribution < 1.29 is 9.53 Å². The van der Waals surface area contributed by atoms with Gasteiger partial charge in [0.1, 0.15) is 5.75 Å². The molecule has 24 heavy (non-hydrogen) atoms. The Morgan fingerprint density at radius 1 is 1.12 bits per heavy atom. The van der Waals surface area contributed by atoms with Gasteiger partial charge in [0, 0.05) is 18.8 Å². The highest BCUT2D eigenvalue weighted by molar-refractivity contribution is 5.97. The Labute approximate surface area is 142 Å². The van der Waals surface area contributed by atoms with E-state index in [1.807, 2.05) is 18.2 Å². The number of methoxy groups -OCH3 is 1. The minimum Gasteiger partial charge on any atom is -0.496 e.